The highest BCUT2D eigenvalue weighted by molar-refractivity contribution is 7.16. The lowest BCUT2D eigenvalue weighted by Gasteiger charge is -2.22. The van der Waals surface area contributed by atoms with E-state index in [1.54, 1.807) is 0 Å². The summed E-state index contributed by atoms with van der Waals surface area (Å²) in [5.41, 5.74) is 5.23. The quantitative estimate of drug-likeness (QED) is 0.930. The van der Waals surface area contributed by atoms with Crippen LogP contribution in [0.3, 0.4) is 0 Å². The number of hydrogen-bond acceptors (Lipinski definition) is 5. The second-order valence-corrected chi connectivity index (χ2v) is 5.20. The van der Waals surface area contributed by atoms with E-state index < -0.39 is 17.4 Å². The van der Waals surface area contributed by atoms with Crippen molar-refractivity contribution in [2.75, 3.05) is 6.54 Å². The Morgan fingerprint density at radius 2 is 2.00 bits per heavy atom. The summed E-state index contributed by atoms with van der Waals surface area (Å²) in [6.07, 6.45) is -3.87. The third-order valence-corrected chi connectivity index (χ3v) is 4.20. The molecule has 0 aliphatic carbocycles. The summed E-state index contributed by atoms with van der Waals surface area (Å²) in [6.45, 7) is 4.10. The molecule has 1 unspecified atom stereocenters. The number of alkyl halides is 3. The van der Waals surface area contributed by atoms with E-state index in [2.05, 4.69) is 15.3 Å². The molecule has 0 radical (unpaired) electrons. The maximum Gasteiger partial charge on any atom is 0.453 e. The Balaban J connectivity index is 2.55. The van der Waals surface area contributed by atoms with Gasteiger partial charge in [0.1, 0.15) is 5.01 Å². The van der Waals surface area contributed by atoms with Crippen molar-refractivity contribution in [3.05, 3.63) is 10.8 Å². The minimum atomic E-state index is -4.56. The van der Waals surface area contributed by atoms with Crippen LogP contribution in [0.4, 0.5) is 13.2 Å². The van der Waals surface area contributed by atoms with E-state index in [4.69, 9.17) is 5.73 Å². The third kappa shape index (κ3) is 1.97. The largest absolute Gasteiger partial charge is 0.453 e. The first-order valence-corrected chi connectivity index (χ1v) is 6.13. The zero-order valence-electron chi connectivity index (χ0n) is 9.82. The van der Waals surface area contributed by atoms with Crippen molar-refractivity contribution in [1.29, 1.82) is 0 Å². The van der Waals surface area contributed by atoms with Crippen LogP contribution in [0.2, 0.25) is 0 Å². The number of nitrogens with two attached hydrogens (primary N) is 1. The second-order valence-electron chi connectivity index (χ2n) is 4.24. The van der Waals surface area contributed by atoms with Gasteiger partial charge in [-0.2, -0.15) is 22.8 Å². The van der Waals surface area contributed by atoms with Crippen LogP contribution in [0.15, 0.2) is 0 Å². The lowest BCUT2D eigenvalue weighted by atomic mass is 9.89. The van der Waals surface area contributed by atoms with E-state index in [-0.39, 0.29) is 4.96 Å². The number of nitrogens with zero attached hydrogens (tertiary/aromatic N) is 4. The molecule has 0 aliphatic heterocycles. The van der Waals surface area contributed by atoms with Gasteiger partial charge in [0.2, 0.25) is 4.96 Å². The first-order valence-electron chi connectivity index (χ1n) is 5.32. The van der Waals surface area contributed by atoms with Crippen molar-refractivity contribution in [1.82, 2.24) is 19.8 Å². The predicted molar refractivity (Wildman–Crippen MR) is 60.4 cm³/mol. The normalized spacial score (nSPS) is 16.1. The maximum atomic E-state index is 12.6. The minimum Gasteiger partial charge on any atom is -0.330 e. The summed E-state index contributed by atoms with van der Waals surface area (Å²) in [6, 6.07) is 0. The number of rotatable bonds is 3. The highest BCUT2D eigenvalue weighted by Crippen LogP contribution is 2.33. The third-order valence-electron chi connectivity index (χ3n) is 2.99. The van der Waals surface area contributed by atoms with Crippen molar-refractivity contribution < 1.29 is 13.2 Å². The first-order chi connectivity index (χ1) is 8.31. The van der Waals surface area contributed by atoms with Crippen LogP contribution in [0.25, 0.3) is 4.96 Å². The number of halogens is 3. The van der Waals surface area contributed by atoms with Gasteiger partial charge in [-0.05, 0) is 6.42 Å². The fourth-order valence-corrected chi connectivity index (χ4v) is 2.49. The van der Waals surface area contributed by atoms with Crippen LogP contribution in [0, 0.1) is 0 Å². The standard InChI is InChI=1S/C9H12F3N5S/c1-3-8(2,4-13)6-16-17-5(9(10,11)12)14-15-7(17)18-6/h3-4,13H2,1-2H3. The molecule has 2 aromatic rings. The lowest BCUT2D eigenvalue weighted by Crippen LogP contribution is -2.31. The summed E-state index contributed by atoms with van der Waals surface area (Å²) in [5.74, 6) is -1.10. The van der Waals surface area contributed by atoms with E-state index >= 15 is 0 Å². The lowest BCUT2D eigenvalue weighted by molar-refractivity contribution is -0.146. The summed E-state index contributed by atoms with van der Waals surface area (Å²) >= 11 is 1.09. The molecule has 0 amide bonds. The zero-order chi connectivity index (χ0) is 13.6. The van der Waals surface area contributed by atoms with Gasteiger partial charge in [-0.1, -0.05) is 25.2 Å². The second kappa shape index (κ2) is 4.16. The van der Waals surface area contributed by atoms with Crippen molar-refractivity contribution in [2.45, 2.75) is 31.9 Å². The average Bonchev–Trinajstić information content (AvgIpc) is 2.85. The molecule has 9 heteroatoms. The maximum absolute atomic E-state index is 12.6. The Labute approximate surface area is 105 Å². The molecule has 1 atom stereocenters. The highest BCUT2D eigenvalue weighted by atomic mass is 32.1. The van der Waals surface area contributed by atoms with Crippen LogP contribution in [-0.4, -0.2) is 26.4 Å². The van der Waals surface area contributed by atoms with Crippen LogP contribution in [0.1, 0.15) is 31.1 Å². The average molecular weight is 279 g/mol. The molecule has 0 saturated heterocycles. The zero-order valence-corrected chi connectivity index (χ0v) is 10.6. The molecule has 0 aliphatic rings. The Morgan fingerprint density at radius 1 is 1.33 bits per heavy atom. The molecule has 0 aromatic carbocycles. The number of fused-ring (bicyclic) bond motifs is 1. The SMILES string of the molecule is CCC(C)(CN)c1nn2c(C(F)(F)F)nnc2s1. The molecule has 18 heavy (non-hydrogen) atoms. The van der Waals surface area contributed by atoms with Crippen LogP contribution in [-0.2, 0) is 11.6 Å². The molecule has 2 N–H and O–H groups in total. The fourth-order valence-electron chi connectivity index (χ4n) is 1.42. The summed E-state index contributed by atoms with van der Waals surface area (Å²) < 4.78 is 38.7. The molecule has 5 nitrogen and oxygen atoms in total. The summed E-state index contributed by atoms with van der Waals surface area (Å²) in [7, 11) is 0. The molecule has 2 aromatic heterocycles. The van der Waals surface area contributed by atoms with Gasteiger partial charge >= 0.3 is 6.18 Å². The van der Waals surface area contributed by atoms with E-state index in [0.717, 1.165) is 15.9 Å². The molecular weight excluding hydrogens is 267 g/mol. The smallest absolute Gasteiger partial charge is 0.330 e. The van der Waals surface area contributed by atoms with Gasteiger partial charge in [-0.3, -0.25) is 0 Å². The fraction of sp³-hybridized carbons (Fsp3) is 0.667. The number of aromatic nitrogens is 4. The minimum absolute atomic E-state index is 0.130. The van der Waals surface area contributed by atoms with E-state index in [1.807, 2.05) is 13.8 Å². The molecular formula is C9H12F3N5S. The van der Waals surface area contributed by atoms with Gasteiger partial charge in [0.05, 0.1) is 0 Å². The van der Waals surface area contributed by atoms with Crippen molar-refractivity contribution >= 4 is 16.3 Å². The summed E-state index contributed by atoms with van der Waals surface area (Å²) in [5, 5.41) is 11.1. The van der Waals surface area contributed by atoms with Gasteiger partial charge < -0.3 is 5.73 Å². The van der Waals surface area contributed by atoms with Gasteiger partial charge in [0.15, 0.2) is 0 Å². The van der Waals surface area contributed by atoms with Crippen LogP contribution >= 0.6 is 11.3 Å². The number of hydrogen-bond donors (Lipinski definition) is 1. The molecule has 0 fully saturated rings. The van der Waals surface area contributed by atoms with Gasteiger partial charge in [0.25, 0.3) is 5.82 Å². The van der Waals surface area contributed by atoms with Gasteiger partial charge in [0, 0.05) is 12.0 Å². The molecule has 100 valence electrons. The molecule has 2 heterocycles. The molecule has 0 spiro atoms. The molecule has 0 saturated carbocycles. The predicted octanol–water partition coefficient (Wildman–Crippen LogP) is 1.83. The van der Waals surface area contributed by atoms with E-state index in [0.29, 0.717) is 18.0 Å². The van der Waals surface area contributed by atoms with Crippen molar-refractivity contribution in [3.8, 4) is 0 Å². The summed E-state index contributed by atoms with van der Waals surface area (Å²) in [4.78, 5) is 0.130. The Morgan fingerprint density at radius 3 is 2.50 bits per heavy atom. The van der Waals surface area contributed by atoms with Gasteiger partial charge in [-0.25, -0.2) is 0 Å². The van der Waals surface area contributed by atoms with Crippen molar-refractivity contribution in [3.63, 3.8) is 0 Å². The Kier molecular flexibility index (Phi) is 3.06. The van der Waals surface area contributed by atoms with E-state index in [1.165, 1.54) is 0 Å². The first kappa shape index (κ1) is 13.2. The van der Waals surface area contributed by atoms with Crippen LogP contribution < -0.4 is 5.73 Å². The van der Waals surface area contributed by atoms with Crippen LogP contribution in [0.5, 0.6) is 0 Å². The highest BCUT2D eigenvalue weighted by Gasteiger charge is 2.39. The van der Waals surface area contributed by atoms with Crippen molar-refractivity contribution in [2.24, 2.45) is 5.73 Å². The Hall–Kier alpha value is -1.22. The van der Waals surface area contributed by atoms with E-state index in [9.17, 15) is 13.2 Å². The van der Waals surface area contributed by atoms with Gasteiger partial charge in [-0.15, -0.1) is 10.2 Å². The molecule has 2 rings (SSSR count). The Bertz CT molecular complexity index is 554. The monoisotopic (exact) mass is 279 g/mol. The molecule has 0 bridgehead atoms. The topological polar surface area (TPSA) is 69.1 Å².